The average Bonchev–Trinajstić information content (AvgIpc) is 2.83. The van der Waals surface area contributed by atoms with Crippen LogP contribution in [0.25, 0.3) is 0 Å². The Kier molecular flexibility index (Phi) is 4.86. The minimum atomic E-state index is -0.0913. The Bertz CT molecular complexity index is 219. The summed E-state index contributed by atoms with van der Waals surface area (Å²) >= 11 is 0. The normalized spacial score (nSPS) is 31.8. The first-order chi connectivity index (χ1) is 7.86. The van der Waals surface area contributed by atoms with E-state index in [1.807, 2.05) is 0 Å². The maximum absolute atomic E-state index is 10.1. The van der Waals surface area contributed by atoms with E-state index in [-0.39, 0.29) is 6.10 Å². The van der Waals surface area contributed by atoms with E-state index in [1.54, 1.807) is 0 Å². The van der Waals surface area contributed by atoms with E-state index in [2.05, 4.69) is 12.2 Å². The predicted octanol–water partition coefficient (Wildman–Crippen LogP) is 3.05. The van der Waals surface area contributed by atoms with Crippen molar-refractivity contribution < 1.29 is 9.84 Å². The highest BCUT2D eigenvalue weighted by atomic mass is 16.5. The number of rotatable bonds is 5. The highest BCUT2D eigenvalue weighted by molar-refractivity contribution is 4.92. The third kappa shape index (κ3) is 3.60. The number of aliphatic hydroxyl groups excluding tert-OH is 1. The molecular weight excluding hydrogens is 200 g/mol. The van der Waals surface area contributed by atoms with Gasteiger partial charge in [-0.05, 0) is 57.3 Å². The average molecular weight is 224 g/mol. The van der Waals surface area contributed by atoms with Crippen molar-refractivity contribution in [3.63, 3.8) is 0 Å². The second-order valence-electron chi connectivity index (χ2n) is 5.18. The molecule has 3 atom stereocenters. The van der Waals surface area contributed by atoms with Crippen LogP contribution in [0, 0.1) is 5.92 Å². The van der Waals surface area contributed by atoms with Crippen LogP contribution in [0.2, 0.25) is 0 Å². The molecule has 1 N–H and O–H groups in total. The molecule has 2 nitrogen and oxygen atoms in total. The van der Waals surface area contributed by atoms with Crippen LogP contribution in [0.15, 0.2) is 12.2 Å². The molecule has 0 aromatic carbocycles. The topological polar surface area (TPSA) is 29.5 Å². The predicted molar refractivity (Wildman–Crippen MR) is 65.3 cm³/mol. The van der Waals surface area contributed by atoms with Gasteiger partial charge in [0.1, 0.15) is 0 Å². The Morgan fingerprint density at radius 1 is 1.31 bits per heavy atom. The molecule has 1 fully saturated rings. The summed E-state index contributed by atoms with van der Waals surface area (Å²) < 4.78 is 5.59. The fraction of sp³-hybridized carbons (Fsp3) is 0.857. The largest absolute Gasteiger partial charge is 0.393 e. The van der Waals surface area contributed by atoms with Crippen LogP contribution in [0.5, 0.6) is 0 Å². The summed E-state index contributed by atoms with van der Waals surface area (Å²) in [6.45, 7) is 0.945. The van der Waals surface area contributed by atoms with E-state index in [4.69, 9.17) is 4.74 Å². The van der Waals surface area contributed by atoms with Gasteiger partial charge in [0.25, 0.3) is 0 Å². The lowest BCUT2D eigenvalue weighted by molar-refractivity contribution is 0.0739. The molecule has 92 valence electrons. The minimum absolute atomic E-state index is 0.0913. The summed E-state index contributed by atoms with van der Waals surface area (Å²) in [5.41, 5.74) is 0. The Morgan fingerprint density at radius 2 is 2.25 bits per heavy atom. The zero-order chi connectivity index (χ0) is 11.2. The SMILES string of the molecule is OC(CCCC1CCCO1)C1CC=CCC1. The second-order valence-corrected chi connectivity index (χ2v) is 5.18. The molecule has 1 heterocycles. The lowest BCUT2D eigenvalue weighted by atomic mass is 9.87. The smallest absolute Gasteiger partial charge is 0.0576 e. The molecule has 0 aromatic heterocycles. The van der Waals surface area contributed by atoms with Crippen molar-refractivity contribution in [1.82, 2.24) is 0 Å². The van der Waals surface area contributed by atoms with Gasteiger partial charge < -0.3 is 9.84 Å². The maximum Gasteiger partial charge on any atom is 0.0576 e. The van der Waals surface area contributed by atoms with Gasteiger partial charge in [0.2, 0.25) is 0 Å². The van der Waals surface area contributed by atoms with Crippen molar-refractivity contribution in [1.29, 1.82) is 0 Å². The molecule has 0 amide bonds. The fourth-order valence-corrected chi connectivity index (χ4v) is 2.83. The Balaban J connectivity index is 1.59. The highest BCUT2D eigenvalue weighted by Gasteiger charge is 2.20. The number of hydrogen-bond acceptors (Lipinski definition) is 2. The Hall–Kier alpha value is -0.340. The van der Waals surface area contributed by atoms with Crippen molar-refractivity contribution in [3.8, 4) is 0 Å². The lowest BCUT2D eigenvalue weighted by Gasteiger charge is -2.24. The molecule has 0 bridgehead atoms. The molecule has 2 rings (SSSR count). The van der Waals surface area contributed by atoms with E-state index >= 15 is 0 Å². The summed E-state index contributed by atoms with van der Waals surface area (Å²) in [4.78, 5) is 0. The summed E-state index contributed by atoms with van der Waals surface area (Å²) in [5.74, 6) is 0.509. The zero-order valence-electron chi connectivity index (χ0n) is 10.1. The van der Waals surface area contributed by atoms with Gasteiger partial charge in [0, 0.05) is 6.61 Å². The molecule has 1 aliphatic carbocycles. The molecule has 2 aliphatic rings. The van der Waals surface area contributed by atoms with Gasteiger partial charge in [-0.15, -0.1) is 0 Å². The molecule has 0 spiro atoms. The summed E-state index contributed by atoms with van der Waals surface area (Å²) in [7, 11) is 0. The number of ether oxygens (including phenoxy) is 1. The van der Waals surface area contributed by atoms with E-state index in [1.165, 1.54) is 12.8 Å². The number of allylic oxidation sites excluding steroid dienone is 2. The standard InChI is InChI=1S/C14H24O2/c15-14(12-6-2-1-3-7-12)10-4-8-13-9-5-11-16-13/h1-2,12-15H,3-11H2. The van der Waals surface area contributed by atoms with Crippen molar-refractivity contribution in [2.45, 2.75) is 63.6 Å². The van der Waals surface area contributed by atoms with Gasteiger partial charge in [-0.2, -0.15) is 0 Å². The quantitative estimate of drug-likeness (QED) is 0.727. The van der Waals surface area contributed by atoms with Gasteiger partial charge in [0.05, 0.1) is 12.2 Å². The molecule has 3 unspecified atom stereocenters. The first kappa shape index (κ1) is 12.1. The van der Waals surface area contributed by atoms with Crippen molar-refractivity contribution in [2.24, 2.45) is 5.92 Å². The van der Waals surface area contributed by atoms with Crippen LogP contribution in [-0.4, -0.2) is 23.9 Å². The van der Waals surface area contributed by atoms with Crippen molar-refractivity contribution in [2.75, 3.05) is 6.61 Å². The summed E-state index contributed by atoms with van der Waals surface area (Å²) in [5, 5.41) is 10.1. The third-order valence-corrected chi connectivity index (χ3v) is 3.90. The molecule has 0 saturated carbocycles. The fourth-order valence-electron chi connectivity index (χ4n) is 2.83. The second kappa shape index (κ2) is 6.41. The van der Waals surface area contributed by atoms with Crippen LogP contribution < -0.4 is 0 Å². The van der Waals surface area contributed by atoms with Crippen molar-refractivity contribution in [3.05, 3.63) is 12.2 Å². The lowest BCUT2D eigenvalue weighted by Crippen LogP contribution is -2.21. The molecule has 1 saturated heterocycles. The van der Waals surface area contributed by atoms with Gasteiger partial charge in [-0.1, -0.05) is 12.2 Å². The van der Waals surface area contributed by atoms with Crippen LogP contribution in [-0.2, 0) is 4.74 Å². The third-order valence-electron chi connectivity index (χ3n) is 3.90. The van der Waals surface area contributed by atoms with Gasteiger partial charge >= 0.3 is 0 Å². The molecule has 2 heteroatoms. The van der Waals surface area contributed by atoms with E-state index in [0.29, 0.717) is 12.0 Å². The Morgan fingerprint density at radius 3 is 2.94 bits per heavy atom. The highest BCUT2D eigenvalue weighted by Crippen LogP contribution is 2.25. The van der Waals surface area contributed by atoms with Gasteiger partial charge in [0.15, 0.2) is 0 Å². The summed E-state index contributed by atoms with van der Waals surface area (Å²) in [6.07, 6.45) is 13.9. The van der Waals surface area contributed by atoms with E-state index in [0.717, 1.165) is 45.1 Å². The van der Waals surface area contributed by atoms with Crippen molar-refractivity contribution >= 4 is 0 Å². The number of aliphatic hydroxyl groups is 1. The van der Waals surface area contributed by atoms with E-state index in [9.17, 15) is 5.11 Å². The van der Waals surface area contributed by atoms with Crippen LogP contribution >= 0.6 is 0 Å². The first-order valence-corrected chi connectivity index (χ1v) is 6.81. The monoisotopic (exact) mass is 224 g/mol. The Labute approximate surface area is 98.7 Å². The molecule has 0 radical (unpaired) electrons. The molecule has 0 aromatic rings. The zero-order valence-corrected chi connectivity index (χ0v) is 10.1. The van der Waals surface area contributed by atoms with E-state index < -0.39 is 0 Å². The molecule has 16 heavy (non-hydrogen) atoms. The van der Waals surface area contributed by atoms with Crippen LogP contribution in [0.1, 0.15) is 51.4 Å². The van der Waals surface area contributed by atoms with Gasteiger partial charge in [-0.3, -0.25) is 0 Å². The molecule has 1 aliphatic heterocycles. The molecular formula is C14H24O2. The minimum Gasteiger partial charge on any atom is -0.393 e. The van der Waals surface area contributed by atoms with Crippen LogP contribution in [0.4, 0.5) is 0 Å². The maximum atomic E-state index is 10.1. The van der Waals surface area contributed by atoms with Crippen LogP contribution in [0.3, 0.4) is 0 Å². The summed E-state index contributed by atoms with van der Waals surface area (Å²) in [6, 6.07) is 0. The van der Waals surface area contributed by atoms with Gasteiger partial charge in [-0.25, -0.2) is 0 Å². The first-order valence-electron chi connectivity index (χ1n) is 6.81. The number of hydrogen-bond donors (Lipinski definition) is 1.